The molecule has 0 heterocycles. The number of halogens is 3. The second-order valence-electron chi connectivity index (χ2n) is 4.71. The van der Waals surface area contributed by atoms with Crippen molar-refractivity contribution in [2.24, 2.45) is 5.92 Å². The van der Waals surface area contributed by atoms with E-state index in [0.29, 0.717) is 18.4 Å². The Labute approximate surface area is 120 Å². The molecule has 0 unspecified atom stereocenters. The third kappa shape index (κ3) is 3.97. The van der Waals surface area contributed by atoms with Gasteiger partial charge in [0, 0.05) is 24.1 Å². The summed E-state index contributed by atoms with van der Waals surface area (Å²) in [6.07, 6.45) is 0.663. The fourth-order valence-electron chi connectivity index (χ4n) is 1.49. The first kappa shape index (κ1) is 16.5. The van der Waals surface area contributed by atoms with Crippen LogP contribution in [-0.2, 0) is 10.0 Å². The molecule has 0 aliphatic rings. The maximum absolute atomic E-state index is 13.7. The zero-order valence-electron chi connectivity index (χ0n) is 11.0. The van der Waals surface area contributed by atoms with Gasteiger partial charge in [0.05, 0.1) is 0 Å². The molecule has 1 aromatic carbocycles. The molecule has 0 aliphatic heterocycles. The topological polar surface area (TPSA) is 37.4 Å². The fourth-order valence-corrected chi connectivity index (χ4v) is 3.78. The van der Waals surface area contributed by atoms with Gasteiger partial charge >= 0.3 is 0 Å². The van der Waals surface area contributed by atoms with Crippen LogP contribution in [0, 0.1) is 17.6 Å². The monoisotopic (exact) mass is 355 g/mol. The van der Waals surface area contributed by atoms with E-state index in [2.05, 4.69) is 15.9 Å². The molecule has 0 radical (unpaired) electrons. The molecular formula is C12H16BrF2NO2S. The van der Waals surface area contributed by atoms with E-state index < -0.39 is 26.6 Å². The molecule has 0 atom stereocenters. The predicted molar refractivity (Wildman–Crippen MR) is 73.3 cm³/mol. The Hall–Kier alpha value is -0.530. The smallest absolute Gasteiger partial charge is 0.207 e. The van der Waals surface area contributed by atoms with E-state index in [4.69, 9.17) is 0 Å². The average Bonchev–Trinajstić information content (AvgIpc) is 2.23. The summed E-state index contributed by atoms with van der Waals surface area (Å²) in [5.41, 5.74) is 0. The van der Waals surface area contributed by atoms with E-state index in [0.717, 1.165) is 10.4 Å². The summed E-state index contributed by atoms with van der Waals surface area (Å²) in [5, 5.41) is 0. The summed E-state index contributed by atoms with van der Waals surface area (Å²) in [5.74, 6) is -1.59. The molecule has 0 saturated heterocycles. The van der Waals surface area contributed by atoms with Crippen molar-refractivity contribution in [3.05, 3.63) is 28.2 Å². The maximum atomic E-state index is 13.7. The van der Waals surface area contributed by atoms with E-state index >= 15 is 0 Å². The van der Waals surface area contributed by atoms with Gasteiger partial charge in [-0.3, -0.25) is 0 Å². The van der Waals surface area contributed by atoms with Crippen molar-refractivity contribution in [2.75, 3.05) is 13.6 Å². The summed E-state index contributed by atoms with van der Waals surface area (Å²) in [7, 11) is -2.59. The van der Waals surface area contributed by atoms with Crippen LogP contribution in [0.1, 0.15) is 20.3 Å². The van der Waals surface area contributed by atoms with Gasteiger partial charge in [0.2, 0.25) is 10.0 Å². The zero-order chi connectivity index (χ0) is 14.8. The van der Waals surface area contributed by atoms with Gasteiger partial charge in [-0.05, 0) is 34.3 Å². The minimum atomic E-state index is -3.97. The number of hydrogen-bond acceptors (Lipinski definition) is 2. The lowest BCUT2D eigenvalue weighted by Gasteiger charge is -2.19. The van der Waals surface area contributed by atoms with Crippen molar-refractivity contribution in [2.45, 2.75) is 25.2 Å². The standard InChI is InChI=1S/C12H16BrF2NO2S/c1-8(2)4-5-16(3)19(17,18)12-10(13)6-9(14)7-11(12)15/h6-8H,4-5H2,1-3H3. The molecule has 0 saturated carbocycles. The Bertz CT molecular complexity index is 538. The first-order chi connectivity index (χ1) is 8.66. The fraction of sp³-hybridized carbons (Fsp3) is 0.500. The minimum Gasteiger partial charge on any atom is -0.207 e. The molecule has 3 nitrogen and oxygen atoms in total. The van der Waals surface area contributed by atoms with E-state index in [1.807, 2.05) is 13.8 Å². The Morgan fingerprint density at radius 2 is 1.89 bits per heavy atom. The van der Waals surface area contributed by atoms with Crippen molar-refractivity contribution >= 4 is 26.0 Å². The van der Waals surface area contributed by atoms with Crippen LogP contribution in [0.25, 0.3) is 0 Å². The Balaban J connectivity index is 3.14. The van der Waals surface area contributed by atoms with Crippen LogP contribution in [0.15, 0.2) is 21.5 Å². The van der Waals surface area contributed by atoms with Crippen molar-refractivity contribution in [3.63, 3.8) is 0 Å². The molecule has 0 bridgehead atoms. The molecule has 7 heteroatoms. The maximum Gasteiger partial charge on any atom is 0.246 e. The number of benzene rings is 1. The van der Waals surface area contributed by atoms with Crippen molar-refractivity contribution in [1.29, 1.82) is 0 Å². The highest BCUT2D eigenvalue weighted by atomic mass is 79.9. The van der Waals surface area contributed by atoms with Crippen LogP contribution in [0.3, 0.4) is 0 Å². The van der Waals surface area contributed by atoms with Gasteiger partial charge in [-0.25, -0.2) is 21.5 Å². The highest BCUT2D eigenvalue weighted by Gasteiger charge is 2.27. The molecule has 1 aromatic rings. The molecule has 1 rings (SSSR count). The van der Waals surface area contributed by atoms with Gasteiger partial charge in [0.15, 0.2) is 0 Å². The first-order valence-corrected chi connectivity index (χ1v) is 8.00. The average molecular weight is 356 g/mol. The Kier molecular flexibility index (Phi) is 5.46. The molecule has 108 valence electrons. The molecule has 0 fully saturated rings. The summed E-state index contributed by atoms with van der Waals surface area (Å²) in [6, 6.07) is 1.50. The molecule has 0 aromatic heterocycles. The number of hydrogen-bond donors (Lipinski definition) is 0. The Morgan fingerprint density at radius 1 is 1.32 bits per heavy atom. The summed E-state index contributed by atoms with van der Waals surface area (Å²) < 4.78 is 52.1. The Morgan fingerprint density at radius 3 is 2.37 bits per heavy atom. The molecule has 0 spiro atoms. The lowest BCUT2D eigenvalue weighted by molar-refractivity contribution is 0.424. The van der Waals surface area contributed by atoms with Gasteiger partial charge in [-0.2, -0.15) is 0 Å². The molecule has 0 aliphatic carbocycles. The third-order valence-corrected chi connectivity index (χ3v) is 5.47. The van der Waals surface area contributed by atoms with Gasteiger partial charge in [0.25, 0.3) is 0 Å². The summed E-state index contributed by atoms with van der Waals surface area (Å²) in [6.45, 7) is 4.22. The first-order valence-electron chi connectivity index (χ1n) is 5.77. The van der Waals surface area contributed by atoms with Crippen LogP contribution < -0.4 is 0 Å². The van der Waals surface area contributed by atoms with Gasteiger partial charge < -0.3 is 0 Å². The second kappa shape index (κ2) is 6.28. The van der Waals surface area contributed by atoms with Crippen LogP contribution in [0.4, 0.5) is 8.78 Å². The molecular weight excluding hydrogens is 340 g/mol. The molecule has 19 heavy (non-hydrogen) atoms. The van der Waals surface area contributed by atoms with E-state index in [1.165, 1.54) is 7.05 Å². The van der Waals surface area contributed by atoms with Crippen molar-refractivity contribution in [1.82, 2.24) is 4.31 Å². The SMILES string of the molecule is CC(C)CCN(C)S(=O)(=O)c1c(F)cc(F)cc1Br. The quantitative estimate of drug-likeness (QED) is 0.811. The van der Waals surface area contributed by atoms with Crippen molar-refractivity contribution < 1.29 is 17.2 Å². The summed E-state index contributed by atoms with van der Waals surface area (Å²) >= 11 is 2.90. The molecule has 0 N–H and O–H groups in total. The lowest BCUT2D eigenvalue weighted by Crippen LogP contribution is -2.29. The minimum absolute atomic E-state index is 0.110. The van der Waals surface area contributed by atoms with E-state index in [9.17, 15) is 17.2 Å². The second-order valence-corrected chi connectivity index (χ2v) is 7.54. The highest BCUT2D eigenvalue weighted by molar-refractivity contribution is 9.10. The molecule has 0 amide bonds. The lowest BCUT2D eigenvalue weighted by atomic mass is 10.1. The largest absolute Gasteiger partial charge is 0.246 e. The van der Waals surface area contributed by atoms with E-state index in [-0.39, 0.29) is 11.0 Å². The van der Waals surface area contributed by atoms with Gasteiger partial charge in [-0.1, -0.05) is 13.8 Å². The van der Waals surface area contributed by atoms with Crippen LogP contribution in [-0.4, -0.2) is 26.3 Å². The number of rotatable bonds is 5. The highest BCUT2D eigenvalue weighted by Crippen LogP contribution is 2.28. The van der Waals surface area contributed by atoms with Gasteiger partial charge in [-0.15, -0.1) is 0 Å². The van der Waals surface area contributed by atoms with Crippen LogP contribution >= 0.6 is 15.9 Å². The predicted octanol–water partition coefficient (Wildman–Crippen LogP) is 3.39. The van der Waals surface area contributed by atoms with Crippen LogP contribution in [0.5, 0.6) is 0 Å². The number of sulfonamides is 1. The van der Waals surface area contributed by atoms with Crippen molar-refractivity contribution in [3.8, 4) is 0 Å². The summed E-state index contributed by atoms with van der Waals surface area (Å²) in [4.78, 5) is -0.528. The number of nitrogens with zero attached hydrogens (tertiary/aromatic N) is 1. The normalized spacial score (nSPS) is 12.4. The van der Waals surface area contributed by atoms with Crippen LogP contribution in [0.2, 0.25) is 0 Å². The third-order valence-electron chi connectivity index (χ3n) is 2.65. The van der Waals surface area contributed by atoms with Gasteiger partial charge in [0.1, 0.15) is 16.5 Å². The van der Waals surface area contributed by atoms with E-state index in [1.54, 1.807) is 0 Å². The zero-order valence-corrected chi connectivity index (χ0v) is 13.4.